The maximum Gasteiger partial charge on any atom is 0.264 e. The summed E-state index contributed by atoms with van der Waals surface area (Å²) in [5.74, 6) is 1.06. The van der Waals surface area contributed by atoms with Crippen LogP contribution in [-0.4, -0.2) is 51.8 Å². The van der Waals surface area contributed by atoms with E-state index in [4.69, 9.17) is 5.10 Å². The molecular formula is C23H22BrN5OS. The standard InChI is InChI=1S/C23H22BrN5OS/c1-16-19-13-20(31-23(19)29(26-16)15-17-5-3-2-4-6-17)22(30)28-11-9-27(10-12-28)21-8-7-18(24)14-25-21/h2-8,13-14H,9-12,15H2,1H3. The first-order chi connectivity index (χ1) is 15.1. The highest BCUT2D eigenvalue weighted by Crippen LogP contribution is 2.30. The number of aromatic nitrogens is 3. The predicted molar refractivity (Wildman–Crippen MR) is 128 cm³/mol. The number of hydrogen-bond acceptors (Lipinski definition) is 5. The Morgan fingerprint density at radius 1 is 1.10 bits per heavy atom. The Labute approximate surface area is 193 Å². The van der Waals surface area contributed by atoms with E-state index in [-0.39, 0.29) is 5.91 Å². The molecule has 31 heavy (non-hydrogen) atoms. The van der Waals surface area contributed by atoms with Crippen molar-refractivity contribution in [3.63, 3.8) is 0 Å². The van der Waals surface area contributed by atoms with Crippen molar-refractivity contribution in [3.8, 4) is 0 Å². The van der Waals surface area contributed by atoms with Gasteiger partial charge in [0.2, 0.25) is 0 Å². The van der Waals surface area contributed by atoms with Gasteiger partial charge in [-0.05, 0) is 46.6 Å². The van der Waals surface area contributed by atoms with Crippen molar-refractivity contribution < 1.29 is 4.79 Å². The van der Waals surface area contributed by atoms with Gasteiger partial charge in [-0.25, -0.2) is 4.98 Å². The van der Waals surface area contributed by atoms with Crippen LogP contribution in [0.25, 0.3) is 10.2 Å². The molecule has 4 aromatic rings. The number of hydrogen-bond donors (Lipinski definition) is 0. The molecule has 1 saturated heterocycles. The molecule has 1 fully saturated rings. The third-order valence-corrected chi connectivity index (χ3v) is 7.20. The average molecular weight is 496 g/mol. The van der Waals surface area contributed by atoms with E-state index in [0.29, 0.717) is 19.6 Å². The predicted octanol–water partition coefficient (Wildman–Crippen LogP) is 4.57. The topological polar surface area (TPSA) is 54.3 Å². The molecule has 6 nitrogen and oxygen atoms in total. The fourth-order valence-corrected chi connectivity index (χ4v) is 5.29. The Hall–Kier alpha value is -2.71. The largest absolute Gasteiger partial charge is 0.353 e. The molecule has 0 aliphatic carbocycles. The van der Waals surface area contributed by atoms with Gasteiger partial charge >= 0.3 is 0 Å². The van der Waals surface area contributed by atoms with Crippen LogP contribution in [0.15, 0.2) is 59.2 Å². The Balaban J connectivity index is 1.31. The Morgan fingerprint density at radius 3 is 2.58 bits per heavy atom. The van der Waals surface area contributed by atoms with Gasteiger partial charge in [0.15, 0.2) is 0 Å². The van der Waals surface area contributed by atoms with Gasteiger partial charge in [0, 0.05) is 42.2 Å². The van der Waals surface area contributed by atoms with E-state index < -0.39 is 0 Å². The normalized spacial score (nSPS) is 14.4. The summed E-state index contributed by atoms with van der Waals surface area (Å²) in [6, 6.07) is 16.3. The molecule has 158 valence electrons. The molecule has 3 aromatic heterocycles. The van der Waals surface area contributed by atoms with Gasteiger partial charge < -0.3 is 9.80 Å². The van der Waals surface area contributed by atoms with Crippen LogP contribution in [-0.2, 0) is 6.54 Å². The fraction of sp³-hybridized carbons (Fsp3) is 0.261. The summed E-state index contributed by atoms with van der Waals surface area (Å²) in [6.07, 6.45) is 1.81. The van der Waals surface area contributed by atoms with Crippen molar-refractivity contribution in [1.29, 1.82) is 0 Å². The summed E-state index contributed by atoms with van der Waals surface area (Å²) < 4.78 is 2.98. The number of carbonyl (C=O) groups is 1. The van der Waals surface area contributed by atoms with E-state index in [1.54, 1.807) is 11.3 Å². The van der Waals surface area contributed by atoms with Gasteiger partial charge in [0.1, 0.15) is 10.6 Å². The van der Waals surface area contributed by atoms with Gasteiger partial charge in [0.25, 0.3) is 5.91 Å². The first-order valence-corrected chi connectivity index (χ1v) is 11.9. The highest BCUT2D eigenvalue weighted by molar-refractivity contribution is 9.10. The molecular weight excluding hydrogens is 474 g/mol. The molecule has 0 bridgehead atoms. The summed E-state index contributed by atoms with van der Waals surface area (Å²) in [6.45, 7) is 5.67. The number of piperazine rings is 1. The summed E-state index contributed by atoms with van der Waals surface area (Å²) >= 11 is 4.97. The average Bonchev–Trinajstić information content (AvgIpc) is 3.36. The van der Waals surface area contributed by atoms with Crippen molar-refractivity contribution in [1.82, 2.24) is 19.7 Å². The monoisotopic (exact) mass is 495 g/mol. The van der Waals surface area contributed by atoms with Gasteiger partial charge in [-0.15, -0.1) is 11.3 Å². The summed E-state index contributed by atoms with van der Waals surface area (Å²) in [5.41, 5.74) is 2.17. The smallest absolute Gasteiger partial charge is 0.264 e. The second-order valence-corrected chi connectivity index (χ2v) is 9.62. The van der Waals surface area contributed by atoms with Crippen LogP contribution in [0.4, 0.5) is 5.82 Å². The zero-order valence-corrected chi connectivity index (χ0v) is 19.6. The molecule has 1 aliphatic heterocycles. The van der Waals surface area contributed by atoms with Crippen LogP contribution in [0, 0.1) is 6.92 Å². The minimum absolute atomic E-state index is 0.107. The SMILES string of the molecule is Cc1nn(Cc2ccccc2)c2sc(C(=O)N3CCN(c4ccc(Br)cn4)CC3)cc12. The van der Waals surface area contributed by atoms with Crippen LogP contribution >= 0.6 is 27.3 Å². The van der Waals surface area contributed by atoms with E-state index >= 15 is 0 Å². The lowest BCUT2D eigenvalue weighted by Crippen LogP contribution is -2.48. The molecule has 1 aliphatic rings. The van der Waals surface area contributed by atoms with E-state index in [0.717, 1.165) is 44.2 Å². The highest BCUT2D eigenvalue weighted by Gasteiger charge is 2.25. The molecule has 0 unspecified atom stereocenters. The van der Waals surface area contributed by atoms with Crippen LogP contribution in [0.2, 0.25) is 0 Å². The number of nitrogens with zero attached hydrogens (tertiary/aromatic N) is 5. The lowest BCUT2D eigenvalue weighted by atomic mass is 10.2. The van der Waals surface area contributed by atoms with Crippen molar-refractivity contribution in [2.24, 2.45) is 0 Å². The second kappa shape index (κ2) is 8.43. The molecule has 8 heteroatoms. The number of aryl methyl sites for hydroxylation is 1. The molecule has 0 atom stereocenters. The number of rotatable bonds is 4. The first kappa shape index (κ1) is 20.2. The molecule has 0 spiro atoms. The number of pyridine rings is 1. The van der Waals surface area contributed by atoms with E-state index in [2.05, 4.69) is 37.9 Å². The van der Waals surface area contributed by atoms with Crippen LogP contribution in [0.3, 0.4) is 0 Å². The molecule has 0 radical (unpaired) electrons. The maximum atomic E-state index is 13.2. The molecule has 1 amide bonds. The molecule has 4 heterocycles. The number of fused-ring (bicyclic) bond motifs is 1. The minimum Gasteiger partial charge on any atom is -0.353 e. The number of amides is 1. The highest BCUT2D eigenvalue weighted by atomic mass is 79.9. The van der Waals surface area contributed by atoms with Crippen molar-refractivity contribution in [2.45, 2.75) is 13.5 Å². The number of benzene rings is 1. The molecule has 0 N–H and O–H groups in total. The molecule has 1 aromatic carbocycles. The number of thiophene rings is 1. The number of halogens is 1. The van der Waals surface area contributed by atoms with Crippen molar-refractivity contribution in [2.75, 3.05) is 31.1 Å². The van der Waals surface area contributed by atoms with Crippen LogP contribution in [0.1, 0.15) is 20.9 Å². The van der Waals surface area contributed by atoms with E-state index in [1.165, 1.54) is 5.56 Å². The quantitative estimate of drug-likeness (QED) is 0.415. The second-order valence-electron chi connectivity index (χ2n) is 7.67. The third kappa shape index (κ3) is 4.09. The minimum atomic E-state index is 0.107. The summed E-state index contributed by atoms with van der Waals surface area (Å²) in [7, 11) is 0. The number of carbonyl (C=O) groups excluding carboxylic acids is 1. The zero-order valence-electron chi connectivity index (χ0n) is 17.2. The van der Waals surface area contributed by atoms with Gasteiger partial charge in [0.05, 0.1) is 17.1 Å². The fourth-order valence-electron chi connectivity index (χ4n) is 3.93. The lowest BCUT2D eigenvalue weighted by molar-refractivity contribution is 0.0751. The van der Waals surface area contributed by atoms with Crippen molar-refractivity contribution in [3.05, 3.63) is 75.3 Å². The third-order valence-electron chi connectivity index (χ3n) is 5.60. The maximum absolute atomic E-state index is 13.2. The van der Waals surface area contributed by atoms with Gasteiger partial charge in [-0.1, -0.05) is 30.3 Å². The Kier molecular flexibility index (Phi) is 5.50. The number of anilines is 1. The molecule has 5 rings (SSSR count). The van der Waals surface area contributed by atoms with Crippen LogP contribution < -0.4 is 4.90 Å². The summed E-state index contributed by atoms with van der Waals surface area (Å²) in [5, 5.41) is 5.76. The van der Waals surface area contributed by atoms with Gasteiger partial charge in [-0.2, -0.15) is 5.10 Å². The lowest BCUT2D eigenvalue weighted by Gasteiger charge is -2.35. The van der Waals surface area contributed by atoms with Crippen molar-refractivity contribution >= 4 is 49.2 Å². The first-order valence-electron chi connectivity index (χ1n) is 10.2. The summed E-state index contributed by atoms with van der Waals surface area (Å²) in [4.78, 5) is 23.7. The van der Waals surface area contributed by atoms with Crippen LogP contribution in [0.5, 0.6) is 0 Å². The molecule has 0 saturated carbocycles. The van der Waals surface area contributed by atoms with E-state index in [1.807, 2.05) is 59.1 Å². The zero-order chi connectivity index (χ0) is 21.4. The Bertz CT molecular complexity index is 1210. The van der Waals surface area contributed by atoms with Gasteiger partial charge in [-0.3, -0.25) is 9.48 Å². The van der Waals surface area contributed by atoms with E-state index in [9.17, 15) is 4.79 Å². The Morgan fingerprint density at radius 2 is 1.87 bits per heavy atom.